The highest BCUT2D eigenvalue weighted by Gasteiger charge is 2.15. The van der Waals surface area contributed by atoms with Crippen LogP contribution in [0, 0.1) is 17.5 Å². The van der Waals surface area contributed by atoms with Gasteiger partial charge in [-0.05, 0) is 40.2 Å². The van der Waals surface area contributed by atoms with Crippen LogP contribution >= 0.6 is 15.9 Å². The smallest absolute Gasteiger partial charge is 0.253 e. The Balaban J connectivity index is 2.17. The van der Waals surface area contributed by atoms with Gasteiger partial charge in [-0.1, -0.05) is 6.07 Å². The minimum atomic E-state index is -0.713. The topological polar surface area (TPSA) is 20.3 Å². The summed E-state index contributed by atoms with van der Waals surface area (Å²) in [5.41, 5.74) is 0.474. The molecule has 0 heterocycles. The van der Waals surface area contributed by atoms with Crippen LogP contribution < -0.4 is 0 Å². The van der Waals surface area contributed by atoms with Gasteiger partial charge < -0.3 is 4.90 Å². The molecule has 2 aromatic rings. The van der Waals surface area contributed by atoms with Crippen LogP contribution in [0.5, 0.6) is 0 Å². The van der Waals surface area contributed by atoms with Gasteiger partial charge in [0.15, 0.2) is 0 Å². The molecule has 2 aromatic carbocycles. The summed E-state index contributed by atoms with van der Waals surface area (Å²) in [5, 5.41) is 0. The van der Waals surface area contributed by atoms with E-state index in [4.69, 9.17) is 0 Å². The molecule has 0 saturated heterocycles. The fourth-order valence-corrected chi connectivity index (χ4v) is 2.21. The number of hydrogen-bond donors (Lipinski definition) is 0. The molecule has 0 aliphatic heterocycles. The first kappa shape index (κ1) is 15.6. The van der Waals surface area contributed by atoms with Crippen LogP contribution in [-0.4, -0.2) is 17.9 Å². The van der Waals surface area contributed by atoms with E-state index in [9.17, 15) is 18.0 Å². The lowest BCUT2D eigenvalue weighted by Crippen LogP contribution is -2.26. The average Bonchev–Trinajstić information content (AvgIpc) is 2.44. The van der Waals surface area contributed by atoms with E-state index in [1.165, 1.54) is 36.2 Å². The van der Waals surface area contributed by atoms with Crippen LogP contribution in [0.25, 0.3) is 0 Å². The van der Waals surface area contributed by atoms with Crippen molar-refractivity contribution >= 4 is 21.8 Å². The van der Waals surface area contributed by atoms with Gasteiger partial charge in [-0.3, -0.25) is 4.79 Å². The van der Waals surface area contributed by atoms with Crippen LogP contribution in [0.15, 0.2) is 40.9 Å². The van der Waals surface area contributed by atoms with Crippen LogP contribution in [0.4, 0.5) is 13.2 Å². The minimum absolute atomic E-state index is 0.0139. The van der Waals surface area contributed by atoms with Gasteiger partial charge in [0.1, 0.15) is 17.5 Å². The van der Waals surface area contributed by atoms with E-state index in [2.05, 4.69) is 15.9 Å². The Labute approximate surface area is 128 Å². The van der Waals surface area contributed by atoms with Crippen molar-refractivity contribution < 1.29 is 18.0 Å². The first-order chi connectivity index (χ1) is 9.88. The molecule has 0 aliphatic rings. The SMILES string of the molecule is CN(Cc1ccc(F)cc1F)C(=O)c1ccc(F)c(Br)c1. The number of halogens is 4. The van der Waals surface area contributed by atoms with Crippen molar-refractivity contribution in [1.29, 1.82) is 0 Å². The zero-order valence-electron chi connectivity index (χ0n) is 11.0. The highest BCUT2D eigenvalue weighted by molar-refractivity contribution is 9.10. The van der Waals surface area contributed by atoms with Gasteiger partial charge in [0.25, 0.3) is 5.91 Å². The van der Waals surface area contributed by atoms with Crippen molar-refractivity contribution in [3.8, 4) is 0 Å². The third kappa shape index (κ3) is 3.64. The molecule has 0 radical (unpaired) electrons. The Morgan fingerprint density at radius 3 is 2.43 bits per heavy atom. The summed E-state index contributed by atoms with van der Waals surface area (Å²) in [6.07, 6.45) is 0. The van der Waals surface area contributed by atoms with E-state index in [-0.39, 0.29) is 28.1 Å². The van der Waals surface area contributed by atoms with Gasteiger partial charge in [-0.2, -0.15) is 0 Å². The lowest BCUT2D eigenvalue weighted by Gasteiger charge is -2.18. The molecule has 2 nitrogen and oxygen atoms in total. The summed E-state index contributed by atoms with van der Waals surface area (Å²) in [7, 11) is 1.49. The second-order valence-corrected chi connectivity index (χ2v) is 5.38. The molecule has 0 aromatic heterocycles. The Morgan fingerprint density at radius 2 is 1.81 bits per heavy atom. The van der Waals surface area contributed by atoms with Crippen molar-refractivity contribution in [2.45, 2.75) is 6.54 Å². The highest BCUT2D eigenvalue weighted by Crippen LogP contribution is 2.19. The van der Waals surface area contributed by atoms with Crippen LogP contribution in [0.3, 0.4) is 0 Å². The molecule has 0 N–H and O–H groups in total. The maximum atomic E-state index is 13.6. The van der Waals surface area contributed by atoms with Crippen LogP contribution in [0.1, 0.15) is 15.9 Å². The van der Waals surface area contributed by atoms with E-state index in [0.717, 1.165) is 12.1 Å². The highest BCUT2D eigenvalue weighted by atomic mass is 79.9. The first-order valence-electron chi connectivity index (χ1n) is 6.03. The van der Waals surface area contributed by atoms with Gasteiger partial charge in [0.2, 0.25) is 0 Å². The number of carbonyl (C=O) groups is 1. The van der Waals surface area contributed by atoms with Gasteiger partial charge in [0.05, 0.1) is 4.47 Å². The van der Waals surface area contributed by atoms with E-state index >= 15 is 0 Å². The van der Waals surface area contributed by atoms with E-state index in [0.29, 0.717) is 0 Å². The second-order valence-electron chi connectivity index (χ2n) is 4.53. The molecule has 0 atom stereocenters. The fourth-order valence-electron chi connectivity index (χ4n) is 1.83. The standard InChI is InChI=1S/C15H11BrF3NO/c1-20(8-10-2-4-11(17)7-14(10)19)15(21)9-3-5-13(18)12(16)6-9/h2-7H,8H2,1H3. The number of hydrogen-bond acceptors (Lipinski definition) is 1. The van der Waals surface area contributed by atoms with Gasteiger partial charge >= 0.3 is 0 Å². The van der Waals surface area contributed by atoms with Crippen molar-refractivity contribution in [3.05, 3.63) is 69.4 Å². The van der Waals surface area contributed by atoms with Crippen molar-refractivity contribution in [1.82, 2.24) is 4.90 Å². The summed E-state index contributed by atoms with van der Waals surface area (Å²) in [5.74, 6) is -2.25. The molecule has 21 heavy (non-hydrogen) atoms. The third-order valence-electron chi connectivity index (χ3n) is 2.94. The molecular weight excluding hydrogens is 347 g/mol. The summed E-state index contributed by atoms with van der Waals surface area (Å²) in [6.45, 7) is -0.0139. The third-order valence-corrected chi connectivity index (χ3v) is 3.54. The predicted octanol–water partition coefficient (Wildman–Crippen LogP) is 4.14. The van der Waals surface area contributed by atoms with Crippen molar-refractivity contribution in [3.63, 3.8) is 0 Å². The van der Waals surface area contributed by atoms with E-state index < -0.39 is 17.5 Å². The van der Waals surface area contributed by atoms with E-state index in [1.807, 2.05) is 0 Å². The van der Waals surface area contributed by atoms with Gasteiger partial charge in [-0.15, -0.1) is 0 Å². The quantitative estimate of drug-likeness (QED) is 0.808. The Hall–Kier alpha value is -1.82. The average molecular weight is 358 g/mol. The van der Waals surface area contributed by atoms with Gasteiger partial charge in [0, 0.05) is 30.8 Å². The number of benzene rings is 2. The summed E-state index contributed by atoms with van der Waals surface area (Å²) in [6, 6.07) is 7.06. The number of carbonyl (C=O) groups excluding carboxylic acids is 1. The molecule has 0 fully saturated rings. The monoisotopic (exact) mass is 357 g/mol. The molecule has 6 heteroatoms. The maximum absolute atomic E-state index is 13.6. The van der Waals surface area contributed by atoms with E-state index in [1.54, 1.807) is 0 Å². The van der Waals surface area contributed by atoms with Crippen LogP contribution in [0.2, 0.25) is 0 Å². The molecule has 0 aliphatic carbocycles. The first-order valence-corrected chi connectivity index (χ1v) is 6.82. The summed E-state index contributed by atoms with van der Waals surface area (Å²) in [4.78, 5) is 13.5. The molecular formula is C15H11BrF3NO. The zero-order valence-corrected chi connectivity index (χ0v) is 12.6. The minimum Gasteiger partial charge on any atom is -0.337 e. The Morgan fingerprint density at radius 1 is 1.10 bits per heavy atom. The van der Waals surface area contributed by atoms with Gasteiger partial charge in [-0.25, -0.2) is 13.2 Å². The summed E-state index contributed by atoms with van der Waals surface area (Å²) >= 11 is 3.00. The molecule has 1 amide bonds. The molecule has 110 valence electrons. The van der Waals surface area contributed by atoms with Crippen LogP contribution in [-0.2, 0) is 6.54 Å². The second kappa shape index (κ2) is 6.30. The molecule has 0 unspecified atom stereocenters. The fraction of sp³-hybridized carbons (Fsp3) is 0.133. The number of rotatable bonds is 3. The number of nitrogens with zero attached hydrogens (tertiary/aromatic N) is 1. The molecule has 0 bridgehead atoms. The normalized spacial score (nSPS) is 10.5. The van der Waals surface area contributed by atoms with Crippen molar-refractivity contribution in [2.75, 3.05) is 7.05 Å². The predicted molar refractivity (Wildman–Crippen MR) is 76.3 cm³/mol. The molecule has 0 spiro atoms. The Kier molecular flexibility index (Phi) is 4.67. The Bertz CT molecular complexity index is 691. The lowest BCUT2D eigenvalue weighted by atomic mass is 10.1. The maximum Gasteiger partial charge on any atom is 0.253 e. The number of amides is 1. The lowest BCUT2D eigenvalue weighted by molar-refractivity contribution is 0.0783. The summed E-state index contributed by atoms with van der Waals surface area (Å²) < 4.78 is 39.7. The molecule has 0 saturated carbocycles. The molecule has 2 rings (SSSR count). The zero-order chi connectivity index (χ0) is 15.6. The van der Waals surface area contributed by atoms with Crippen molar-refractivity contribution in [2.24, 2.45) is 0 Å². The largest absolute Gasteiger partial charge is 0.337 e.